The van der Waals surface area contributed by atoms with E-state index >= 15 is 0 Å². The van der Waals surface area contributed by atoms with Crippen LogP contribution in [0.25, 0.3) is 21.1 Å². The Morgan fingerprint density at radius 2 is 2.00 bits per heavy atom. The van der Waals surface area contributed by atoms with Gasteiger partial charge in [-0.15, -0.1) is 22.7 Å². The molecule has 0 N–H and O–H groups in total. The van der Waals surface area contributed by atoms with Crippen LogP contribution >= 0.6 is 22.7 Å². The Labute approximate surface area is 162 Å². The first-order valence-electron chi connectivity index (χ1n) is 8.51. The molecule has 3 rings (SSSR count). The van der Waals surface area contributed by atoms with E-state index in [0.717, 1.165) is 32.4 Å². The number of hydrogen-bond acceptors (Lipinski definition) is 5. The summed E-state index contributed by atoms with van der Waals surface area (Å²) in [6.45, 7) is 1.36. The van der Waals surface area contributed by atoms with Crippen LogP contribution in [0.15, 0.2) is 47.8 Å². The first-order chi connectivity index (χ1) is 12.7. The molecule has 0 spiro atoms. The van der Waals surface area contributed by atoms with Crippen LogP contribution in [0, 0.1) is 0 Å². The monoisotopic (exact) mass is 386 g/mol. The fourth-order valence-electron chi connectivity index (χ4n) is 2.62. The molecule has 0 radical (unpaired) electrons. The number of benzene rings is 1. The summed E-state index contributed by atoms with van der Waals surface area (Å²) < 4.78 is 5.07. The fourth-order valence-corrected chi connectivity index (χ4v) is 4.50. The van der Waals surface area contributed by atoms with Gasteiger partial charge in [-0.05, 0) is 17.9 Å². The Morgan fingerprint density at radius 1 is 1.19 bits per heavy atom. The zero-order valence-electron chi connectivity index (χ0n) is 15.0. The van der Waals surface area contributed by atoms with Gasteiger partial charge in [-0.2, -0.15) is 0 Å². The Bertz CT molecular complexity index is 829. The molecule has 26 heavy (non-hydrogen) atoms. The Hall–Kier alpha value is -2.02. The second-order valence-corrected chi connectivity index (χ2v) is 8.00. The minimum Gasteiger partial charge on any atom is -0.385 e. The molecule has 4 nitrogen and oxygen atoms in total. The number of hydrogen-bond donors (Lipinski definition) is 0. The highest BCUT2D eigenvalue weighted by Crippen LogP contribution is 2.36. The van der Waals surface area contributed by atoms with Crippen LogP contribution in [0.4, 0.5) is 0 Å². The topological polar surface area (TPSA) is 42.4 Å². The Balaban J connectivity index is 1.83. The Kier molecular flexibility index (Phi) is 6.55. The highest BCUT2D eigenvalue weighted by molar-refractivity contribution is 7.17. The first kappa shape index (κ1) is 18.8. The molecule has 0 aliphatic heterocycles. The van der Waals surface area contributed by atoms with Crippen molar-refractivity contribution in [2.24, 2.45) is 0 Å². The first-order valence-corrected chi connectivity index (χ1v) is 10.2. The Morgan fingerprint density at radius 3 is 2.69 bits per heavy atom. The second kappa shape index (κ2) is 9.07. The van der Waals surface area contributed by atoms with Gasteiger partial charge in [0.15, 0.2) is 0 Å². The lowest BCUT2D eigenvalue weighted by atomic mass is 10.2. The summed E-state index contributed by atoms with van der Waals surface area (Å²) in [5.74, 6) is 0.113. The molecular formula is C20H22N2O2S2. The summed E-state index contributed by atoms with van der Waals surface area (Å²) in [5, 5.41) is 3.00. The van der Waals surface area contributed by atoms with Crippen LogP contribution < -0.4 is 0 Å². The van der Waals surface area contributed by atoms with E-state index in [9.17, 15) is 4.79 Å². The highest BCUT2D eigenvalue weighted by Gasteiger charge is 2.19. The largest absolute Gasteiger partial charge is 0.385 e. The van der Waals surface area contributed by atoms with Crippen LogP contribution in [-0.2, 0) is 16.0 Å². The minimum atomic E-state index is 0.113. The van der Waals surface area contributed by atoms with Crippen molar-refractivity contribution in [3.63, 3.8) is 0 Å². The lowest BCUT2D eigenvalue weighted by Crippen LogP contribution is -2.29. The third-order valence-corrected chi connectivity index (χ3v) is 6.03. The number of carbonyl (C=O) groups is 1. The van der Waals surface area contributed by atoms with Crippen molar-refractivity contribution in [2.75, 3.05) is 27.3 Å². The summed E-state index contributed by atoms with van der Waals surface area (Å²) in [6, 6.07) is 14.2. The lowest BCUT2D eigenvalue weighted by Gasteiger charge is -2.16. The molecular weight excluding hydrogens is 364 g/mol. The SMILES string of the molecule is COCCCN(C)C(=O)Cc1sc(-c2ccccc2)nc1-c1cccs1. The van der Waals surface area contributed by atoms with Gasteiger partial charge in [0, 0.05) is 37.7 Å². The second-order valence-electron chi connectivity index (χ2n) is 5.97. The standard InChI is InChI=1S/C20H22N2O2S2/c1-22(11-7-12-24-2)18(23)14-17-19(16-10-6-13-25-16)21-20(26-17)15-8-4-3-5-9-15/h3-6,8-10,13H,7,11-12,14H2,1-2H3. The van der Waals surface area contributed by atoms with Crippen molar-refractivity contribution in [1.29, 1.82) is 0 Å². The summed E-state index contributed by atoms with van der Waals surface area (Å²) in [5.41, 5.74) is 2.02. The molecule has 2 heterocycles. The van der Waals surface area contributed by atoms with Crippen molar-refractivity contribution in [3.8, 4) is 21.1 Å². The zero-order valence-corrected chi connectivity index (χ0v) is 16.6. The molecule has 0 aliphatic carbocycles. The molecule has 6 heteroatoms. The molecule has 1 amide bonds. The smallest absolute Gasteiger partial charge is 0.227 e. The number of amides is 1. The molecule has 0 atom stereocenters. The average Bonchev–Trinajstić information content (AvgIpc) is 3.32. The number of methoxy groups -OCH3 is 1. The predicted octanol–water partition coefficient (Wildman–Crippen LogP) is 4.58. The van der Waals surface area contributed by atoms with Crippen molar-refractivity contribution >= 4 is 28.6 Å². The van der Waals surface area contributed by atoms with E-state index in [4.69, 9.17) is 9.72 Å². The number of nitrogens with zero attached hydrogens (tertiary/aromatic N) is 2. The van der Waals surface area contributed by atoms with Crippen molar-refractivity contribution in [1.82, 2.24) is 9.88 Å². The van der Waals surface area contributed by atoms with Gasteiger partial charge in [-0.1, -0.05) is 36.4 Å². The van der Waals surface area contributed by atoms with Gasteiger partial charge in [0.1, 0.15) is 5.01 Å². The quantitative estimate of drug-likeness (QED) is 0.532. The molecule has 0 saturated heterocycles. The average molecular weight is 387 g/mol. The van der Waals surface area contributed by atoms with E-state index in [0.29, 0.717) is 19.6 Å². The van der Waals surface area contributed by atoms with E-state index in [-0.39, 0.29) is 5.91 Å². The van der Waals surface area contributed by atoms with Crippen LogP contribution in [0.1, 0.15) is 11.3 Å². The maximum atomic E-state index is 12.6. The van der Waals surface area contributed by atoms with Gasteiger partial charge in [0.05, 0.1) is 17.0 Å². The van der Waals surface area contributed by atoms with E-state index < -0.39 is 0 Å². The van der Waals surface area contributed by atoms with Crippen LogP contribution in [0.5, 0.6) is 0 Å². The number of thiophene rings is 1. The number of carbonyl (C=O) groups excluding carboxylic acids is 1. The van der Waals surface area contributed by atoms with Crippen LogP contribution in [0.2, 0.25) is 0 Å². The number of ether oxygens (including phenoxy) is 1. The number of likely N-dealkylation sites (N-methyl/N-ethyl adjacent to an activating group) is 1. The van der Waals surface area contributed by atoms with Gasteiger partial charge < -0.3 is 9.64 Å². The zero-order chi connectivity index (χ0) is 18.4. The molecule has 3 aromatic rings. The summed E-state index contributed by atoms with van der Waals surface area (Å²) >= 11 is 3.26. The van der Waals surface area contributed by atoms with E-state index in [2.05, 4.69) is 18.2 Å². The predicted molar refractivity (Wildman–Crippen MR) is 109 cm³/mol. The van der Waals surface area contributed by atoms with Gasteiger partial charge >= 0.3 is 0 Å². The molecule has 0 unspecified atom stereocenters. The maximum absolute atomic E-state index is 12.6. The van der Waals surface area contributed by atoms with Crippen LogP contribution in [0.3, 0.4) is 0 Å². The summed E-state index contributed by atoms with van der Waals surface area (Å²) in [6.07, 6.45) is 1.22. The number of rotatable bonds is 8. The van der Waals surface area contributed by atoms with Gasteiger partial charge in [0.25, 0.3) is 0 Å². The molecule has 0 bridgehead atoms. The van der Waals surface area contributed by atoms with E-state index in [1.54, 1.807) is 34.7 Å². The van der Waals surface area contributed by atoms with Gasteiger partial charge in [-0.3, -0.25) is 4.79 Å². The van der Waals surface area contributed by atoms with Crippen molar-refractivity contribution in [3.05, 3.63) is 52.7 Å². The third-order valence-electron chi connectivity index (χ3n) is 4.05. The fraction of sp³-hybridized carbons (Fsp3) is 0.300. The maximum Gasteiger partial charge on any atom is 0.227 e. The van der Waals surface area contributed by atoms with Gasteiger partial charge in [0.2, 0.25) is 5.91 Å². The molecule has 0 saturated carbocycles. The van der Waals surface area contributed by atoms with E-state index in [1.165, 1.54) is 0 Å². The normalized spacial score (nSPS) is 10.8. The highest BCUT2D eigenvalue weighted by atomic mass is 32.1. The minimum absolute atomic E-state index is 0.113. The van der Waals surface area contributed by atoms with Gasteiger partial charge in [-0.25, -0.2) is 4.98 Å². The lowest BCUT2D eigenvalue weighted by molar-refractivity contribution is -0.129. The van der Waals surface area contributed by atoms with Crippen LogP contribution in [-0.4, -0.2) is 43.1 Å². The summed E-state index contributed by atoms with van der Waals surface area (Å²) in [7, 11) is 3.53. The summed E-state index contributed by atoms with van der Waals surface area (Å²) in [4.78, 5) is 21.4. The molecule has 1 aromatic carbocycles. The van der Waals surface area contributed by atoms with E-state index in [1.807, 2.05) is 36.7 Å². The number of thiazole rings is 1. The molecule has 0 fully saturated rings. The third kappa shape index (κ3) is 4.58. The molecule has 136 valence electrons. The van der Waals surface area contributed by atoms with Crippen molar-refractivity contribution < 1.29 is 9.53 Å². The molecule has 2 aromatic heterocycles. The van der Waals surface area contributed by atoms with Crippen molar-refractivity contribution in [2.45, 2.75) is 12.8 Å². The number of aromatic nitrogens is 1. The molecule has 0 aliphatic rings.